The van der Waals surface area contributed by atoms with Gasteiger partial charge in [0.2, 0.25) is 11.9 Å². The third kappa shape index (κ3) is 7.28. The smallest absolute Gasteiger partial charge is 0.229 e. The first-order chi connectivity index (χ1) is 15.3. The first-order valence-corrected chi connectivity index (χ1v) is 11.1. The maximum absolute atomic E-state index is 5.97. The number of nitrogens with one attached hydrogen (secondary N) is 3. The van der Waals surface area contributed by atoms with Crippen LogP contribution in [0.3, 0.4) is 0 Å². The molecule has 3 N–H and O–H groups in total. The molecule has 0 amide bonds. The second-order valence-electron chi connectivity index (χ2n) is 7.60. The predicted octanol–water partition coefficient (Wildman–Crippen LogP) is 5.36. The maximum atomic E-state index is 5.97. The summed E-state index contributed by atoms with van der Waals surface area (Å²) in [4.78, 5) is 13.6. The van der Waals surface area contributed by atoms with Crippen LogP contribution >= 0.6 is 23.8 Å². The number of aryl methyl sites for hydroxylation is 4. The van der Waals surface area contributed by atoms with E-state index < -0.39 is 0 Å². The van der Waals surface area contributed by atoms with E-state index in [1.54, 1.807) is 0 Å². The average molecular weight is 467 g/mol. The summed E-state index contributed by atoms with van der Waals surface area (Å²) in [5.74, 6) is 0.945. The molecule has 0 aliphatic heterocycles. The van der Waals surface area contributed by atoms with Gasteiger partial charge in [0, 0.05) is 28.6 Å². The number of guanidine groups is 1. The first kappa shape index (κ1) is 23.6. The molecule has 32 heavy (non-hydrogen) atoms. The summed E-state index contributed by atoms with van der Waals surface area (Å²) in [5, 5.41) is 10.7. The predicted molar refractivity (Wildman–Crippen MR) is 138 cm³/mol. The highest BCUT2D eigenvalue weighted by molar-refractivity contribution is 7.80. The Bertz CT molecular complexity index is 1110. The van der Waals surface area contributed by atoms with Gasteiger partial charge in [0.15, 0.2) is 5.11 Å². The molecule has 0 saturated heterocycles. The molecule has 8 heteroatoms. The molecule has 0 aliphatic carbocycles. The molecule has 0 bridgehead atoms. The van der Waals surface area contributed by atoms with Gasteiger partial charge in [-0.25, -0.2) is 9.97 Å². The maximum Gasteiger partial charge on any atom is 0.229 e. The lowest BCUT2D eigenvalue weighted by Crippen LogP contribution is -2.39. The van der Waals surface area contributed by atoms with Crippen molar-refractivity contribution in [3.05, 3.63) is 81.6 Å². The van der Waals surface area contributed by atoms with Crippen molar-refractivity contribution in [1.29, 1.82) is 0 Å². The molecule has 3 rings (SSSR count). The third-order valence-corrected chi connectivity index (χ3v) is 5.11. The van der Waals surface area contributed by atoms with E-state index in [1.165, 1.54) is 5.56 Å². The Morgan fingerprint density at radius 2 is 1.62 bits per heavy atom. The van der Waals surface area contributed by atoms with Gasteiger partial charge in [-0.05, 0) is 81.7 Å². The lowest BCUT2D eigenvalue weighted by atomic mass is 10.1. The summed E-state index contributed by atoms with van der Waals surface area (Å²) in [6.07, 6.45) is 0.759. The molecule has 0 radical (unpaired) electrons. The number of thiocarbonyl (C=S) groups is 1. The van der Waals surface area contributed by atoms with Crippen molar-refractivity contribution in [3.63, 3.8) is 0 Å². The zero-order chi connectivity index (χ0) is 23.1. The van der Waals surface area contributed by atoms with Gasteiger partial charge in [-0.1, -0.05) is 41.4 Å². The Morgan fingerprint density at radius 3 is 2.28 bits per heavy atom. The van der Waals surface area contributed by atoms with E-state index in [1.807, 2.05) is 63.2 Å². The fourth-order valence-corrected chi connectivity index (χ4v) is 3.49. The molecule has 2 aromatic carbocycles. The van der Waals surface area contributed by atoms with Crippen LogP contribution in [0.15, 0.2) is 53.5 Å². The quantitative estimate of drug-likeness (QED) is 0.267. The lowest BCUT2D eigenvalue weighted by molar-refractivity contribution is 0.956. The number of nitrogens with zero attached hydrogens (tertiary/aromatic N) is 3. The molecule has 166 valence electrons. The van der Waals surface area contributed by atoms with Gasteiger partial charge in [-0.15, -0.1) is 0 Å². The minimum atomic E-state index is 0.430. The minimum Gasteiger partial charge on any atom is -0.332 e. The van der Waals surface area contributed by atoms with Crippen LogP contribution in [0.1, 0.15) is 28.1 Å². The minimum absolute atomic E-state index is 0.430. The monoisotopic (exact) mass is 466 g/mol. The third-order valence-electron chi connectivity index (χ3n) is 4.66. The van der Waals surface area contributed by atoms with Gasteiger partial charge < -0.3 is 10.6 Å². The Labute approximate surface area is 199 Å². The molecule has 1 heterocycles. The summed E-state index contributed by atoms with van der Waals surface area (Å²) in [5.41, 5.74) is 6.14. The molecule has 0 unspecified atom stereocenters. The summed E-state index contributed by atoms with van der Waals surface area (Å²) in [6, 6.07) is 15.8. The Balaban J connectivity index is 1.73. The van der Waals surface area contributed by atoms with E-state index in [9.17, 15) is 0 Å². The number of rotatable bonds is 5. The molecule has 0 spiro atoms. The SMILES string of the molecule is Cc1ccc(NC(=S)NC(=NCCc2ccc(Cl)cc2)Nc2nc(C)cc(C)n2)c(C)c1. The van der Waals surface area contributed by atoms with Crippen molar-refractivity contribution in [2.75, 3.05) is 17.2 Å². The molecule has 0 saturated carbocycles. The second kappa shape index (κ2) is 11.0. The van der Waals surface area contributed by atoms with Crippen LogP contribution < -0.4 is 16.0 Å². The molecule has 1 aromatic heterocycles. The number of anilines is 2. The van der Waals surface area contributed by atoms with E-state index in [0.29, 0.717) is 23.6 Å². The number of aliphatic imine (C=N–C) groups is 1. The number of aromatic nitrogens is 2. The zero-order valence-corrected chi connectivity index (χ0v) is 20.2. The van der Waals surface area contributed by atoms with Crippen molar-refractivity contribution in [2.45, 2.75) is 34.1 Å². The van der Waals surface area contributed by atoms with E-state index >= 15 is 0 Å². The molecule has 0 atom stereocenters. The highest BCUT2D eigenvalue weighted by Crippen LogP contribution is 2.16. The van der Waals surface area contributed by atoms with Gasteiger partial charge in [-0.3, -0.25) is 10.3 Å². The van der Waals surface area contributed by atoms with Crippen molar-refractivity contribution >= 4 is 46.5 Å². The van der Waals surface area contributed by atoms with Crippen LogP contribution in [0.25, 0.3) is 0 Å². The second-order valence-corrected chi connectivity index (χ2v) is 8.45. The van der Waals surface area contributed by atoms with Crippen LogP contribution in [0.4, 0.5) is 11.6 Å². The normalized spacial score (nSPS) is 11.2. The fourth-order valence-electron chi connectivity index (χ4n) is 3.16. The standard InChI is InChI=1S/C24H27ClN6S/c1-15-5-10-21(16(2)13-15)29-24(32)31-22(30-23-27-17(3)14-18(4)28-23)26-12-11-19-6-8-20(25)9-7-19/h5-10,13-14H,11-12H2,1-4H3,(H3,26,27,28,29,30,31,32). The van der Waals surface area contributed by atoms with Crippen LogP contribution in [0, 0.1) is 27.7 Å². The van der Waals surface area contributed by atoms with Gasteiger partial charge in [-0.2, -0.15) is 0 Å². The summed E-state index contributed by atoms with van der Waals surface area (Å²) in [6.45, 7) is 8.51. The fraction of sp³-hybridized carbons (Fsp3) is 0.250. The Morgan fingerprint density at radius 1 is 0.938 bits per heavy atom. The number of hydrogen-bond donors (Lipinski definition) is 3. The highest BCUT2D eigenvalue weighted by Gasteiger charge is 2.08. The van der Waals surface area contributed by atoms with Gasteiger partial charge in [0.1, 0.15) is 0 Å². The van der Waals surface area contributed by atoms with E-state index in [2.05, 4.69) is 43.9 Å². The van der Waals surface area contributed by atoms with Crippen LogP contribution in [-0.2, 0) is 6.42 Å². The lowest BCUT2D eigenvalue weighted by Gasteiger charge is -2.15. The first-order valence-electron chi connectivity index (χ1n) is 10.3. The molecule has 3 aromatic rings. The highest BCUT2D eigenvalue weighted by atomic mass is 35.5. The van der Waals surface area contributed by atoms with Gasteiger partial charge in [0.05, 0.1) is 0 Å². The average Bonchev–Trinajstić information content (AvgIpc) is 2.71. The van der Waals surface area contributed by atoms with Crippen LogP contribution in [0.2, 0.25) is 5.02 Å². The largest absolute Gasteiger partial charge is 0.332 e. The van der Waals surface area contributed by atoms with Crippen molar-refractivity contribution in [1.82, 2.24) is 15.3 Å². The number of hydrogen-bond acceptors (Lipinski definition) is 4. The van der Waals surface area contributed by atoms with Crippen molar-refractivity contribution in [3.8, 4) is 0 Å². The van der Waals surface area contributed by atoms with E-state index in [-0.39, 0.29) is 0 Å². The van der Waals surface area contributed by atoms with Crippen LogP contribution in [0.5, 0.6) is 0 Å². The summed E-state index contributed by atoms with van der Waals surface area (Å²) < 4.78 is 0. The number of benzene rings is 2. The topological polar surface area (TPSA) is 74.2 Å². The molecule has 0 fully saturated rings. The molecule has 6 nitrogen and oxygen atoms in total. The summed E-state index contributed by atoms with van der Waals surface area (Å²) in [7, 11) is 0. The number of halogens is 1. The molecular formula is C24H27ClN6S. The Kier molecular flexibility index (Phi) is 8.14. The van der Waals surface area contributed by atoms with Gasteiger partial charge >= 0.3 is 0 Å². The van der Waals surface area contributed by atoms with Crippen molar-refractivity contribution in [2.24, 2.45) is 4.99 Å². The van der Waals surface area contributed by atoms with Gasteiger partial charge in [0.25, 0.3) is 0 Å². The van der Waals surface area contributed by atoms with Crippen molar-refractivity contribution < 1.29 is 0 Å². The van der Waals surface area contributed by atoms with Crippen LogP contribution in [-0.4, -0.2) is 27.6 Å². The zero-order valence-electron chi connectivity index (χ0n) is 18.7. The van der Waals surface area contributed by atoms with E-state index in [4.69, 9.17) is 23.8 Å². The Hall–Kier alpha value is -3.03. The molecular weight excluding hydrogens is 440 g/mol. The summed E-state index contributed by atoms with van der Waals surface area (Å²) >= 11 is 11.5. The molecule has 0 aliphatic rings. The van der Waals surface area contributed by atoms with E-state index in [0.717, 1.165) is 39.6 Å².